The third-order valence-electron chi connectivity index (χ3n) is 1.32. The molecule has 0 fully saturated rings. The lowest BCUT2D eigenvalue weighted by atomic mass is 10.3. The van der Waals surface area contributed by atoms with Gasteiger partial charge in [-0.05, 0) is 6.07 Å². The molecule has 0 aliphatic heterocycles. The van der Waals surface area contributed by atoms with E-state index in [4.69, 9.17) is 5.73 Å². The zero-order chi connectivity index (χ0) is 10.8. The lowest BCUT2D eigenvalue weighted by Gasteiger charge is -2.10. The summed E-state index contributed by atoms with van der Waals surface area (Å²) in [5, 5.41) is 0. The Hall–Kier alpha value is -1.37. The highest BCUT2D eigenvalue weighted by Crippen LogP contribution is 2.24. The van der Waals surface area contributed by atoms with Crippen LogP contribution in [0.5, 0.6) is 5.88 Å². The van der Waals surface area contributed by atoms with Gasteiger partial charge in [0.2, 0.25) is 5.88 Å². The number of rotatable bonds is 2. The van der Waals surface area contributed by atoms with Crippen LogP contribution in [0.4, 0.5) is 17.6 Å². The van der Waals surface area contributed by atoms with Crippen molar-refractivity contribution in [2.24, 2.45) is 5.73 Å². The van der Waals surface area contributed by atoms with Gasteiger partial charge in [-0.3, -0.25) is 0 Å². The number of alkyl halides is 3. The molecule has 0 spiro atoms. The molecule has 0 aromatic carbocycles. The van der Waals surface area contributed by atoms with Crippen LogP contribution in [0, 0.1) is 5.82 Å². The van der Waals surface area contributed by atoms with E-state index in [0.717, 1.165) is 6.07 Å². The molecule has 2 N–H and O–H groups in total. The van der Waals surface area contributed by atoms with E-state index >= 15 is 0 Å². The van der Waals surface area contributed by atoms with Crippen molar-refractivity contribution in [1.82, 2.24) is 4.98 Å². The van der Waals surface area contributed by atoms with Gasteiger partial charge in [0.1, 0.15) is 5.82 Å². The predicted molar refractivity (Wildman–Crippen MR) is 38.8 cm³/mol. The van der Waals surface area contributed by atoms with Crippen molar-refractivity contribution >= 4 is 0 Å². The highest BCUT2D eigenvalue weighted by Gasteiger charge is 2.32. The second-order valence-corrected chi connectivity index (χ2v) is 2.37. The van der Waals surface area contributed by atoms with Crippen LogP contribution in [0.3, 0.4) is 0 Å². The molecule has 0 amide bonds. The summed E-state index contributed by atoms with van der Waals surface area (Å²) in [4.78, 5) is 3.14. The van der Waals surface area contributed by atoms with Gasteiger partial charge in [-0.25, -0.2) is 9.37 Å². The smallest absolute Gasteiger partial charge is 0.388 e. The van der Waals surface area contributed by atoms with E-state index in [1.165, 1.54) is 0 Å². The number of halogens is 4. The van der Waals surface area contributed by atoms with Crippen LogP contribution in [0.2, 0.25) is 0 Å². The van der Waals surface area contributed by atoms with Gasteiger partial charge >= 0.3 is 6.36 Å². The summed E-state index contributed by atoms with van der Waals surface area (Å²) in [7, 11) is 0. The largest absolute Gasteiger partial charge is 0.574 e. The SMILES string of the molecule is NCc1cc(F)cnc1OC(F)(F)F. The zero-order valence-corrected chi connectivity index (χ0v) is 6.81. The molecule has 0 bridgehead atoms. The number of hydrogen-bond donors (Lipinski definition) is 1. The van der Waals surface area contributed by atoms with E-state index < -0.39 is 18.1 Å². The van der Waals surface area contributed by atoms with Crippen molar-refractivity contribution in [2.75, 3.05) is 0 Å². The average Bonchev–Trinajstić information content (AvgIpc) is 2.06. The molecule has 78 valence electrons. The third kappa shape index (κ3) is 2.84. The first-order valence-electron chi connectivity index (χ1n) is 3.52. The summed E-state index contributed by atoms with van der Waals surface area (Å²) in [6.45, 7) is -0.282. The van der Waals surface area contributed by atoms with Crippen LogP contribution in [-0.4, -0.2) is 11.3 Å². The summed E-state index contributed by atoms with van der Waals surface area (Å²) >= 11 is 0. The standard InChI is InChI=1S/C7H6F4N2O/c8-5-1-4(2-12)6(13-3-5)14-7(9,10)11/h1,3H,2,12H2. The fourth-order valence-corrected chi connectivity index (χ4v) is 0.816. The zero-order valence-electron chi connectivity index (χ0n) is 6.81. The summed E-state index contributed by atoms with van der Waals surface area (Å²) in [6, 6.07) is 0.841. The van der Waals surface area contributed by atoms with Crippen LogP contribution < -0.4 is 10.5 Å². The Balaban J connectivity index is 2.97. The lowest BCUT2D eigenvalue weighted by Crippen LogP contribution is -2.19. The summed E-state index contributed by atoms with van der Waals surface area (Å²) in [6.07, 6.45) is -4.23. The van der Waals surface area contributed by atoms with Crippen molar-refractivity contribution in [2.45, 2.75) is 12.9 Å². The van der Waals surface area contributed by atoms with Crippen LogP contribution >= 0.6 is 0 Å². The van der Waals surface area contributed by atoms with Crippen LogP contribution in [0.1, 0.15) is 5.56 Å². The van der Waals surface area contributed by atoms with Gasteiger partial charge in [0, 0.05) is 12.1 Å². The van der Waals surface area contributed by atoms with Gasteiger partial charge in [-0.2, -0.15) is 0 Å². The van der Waals surface area contributed by atoms with E-state index in [2.05, 4.69) is 9.72 Å². The van der Waals surface area contributed by atoms with Gasteiger partial charge in [0.05, 0.1) is 6.20 Å². The molecule has 14 heavy (non-hydrogen) atoms. The Kier molecular flexibility index (Phi) is 2.90. The molecule has 1 aromatic heterocycles. The minimum absolute atomic E-state index is 0.137. The van der Waals surface area contributed by atoms with E-state index in [9.17, 15) is 17.6 Å². The molecule has 1 heterocycles. The number of hydrogen-bond acceptors (Lipinski definition) is 3. The Morgan fingerprint density at radius 2 is 2.07 bits per heavy atom. The first kappa shape index (κ1) is 10.7. The average molecular weight is 210 g/mol. The quantitative estimate of drug-likeness (QED) is 0.754. The lowest BCUT2D eigenvalue weighted by molar-refractivity contribution is -0.276. The van der Waals surface area contributed by atoms with E-state index in [-0.39, 0.29) is 12.1 Å². The predicted octanol–water partition coefficient (Wildman–Crippen LogP) is 1.58. The number of ether oxygens (including phenoxy) is 1. The topological polar surface area (TPSA) is 48.1 Å². The van der Waals surface area contributed by atoms with E-state index in [1.54, 1.807) is 0 Å². The summed E-state index contributed by atoms with van der Waals surface area (Å²) in [5.74, 6) is -1.48. The molecule has 1 aromatic rings. The van der Waals surface area contributed by atoms with Crippen molar-refractivity contribution in [3.05, 3.63) is 23.6 Å². The highest BCUT2D eigenvalue weighted by atomic mass is 19.4. The number of aromatic nitrogens is 1. The molecule has 0 aliphatic rings. The van der Waals surface area contributed by atoms with Crippen LogP contribution in [-0.2, 0) is 6.54 Å². The monoisotopic (exact) mass is 210 g/mol. The molecular weight excluding hydrogens is 204 g/mol. The normalized spacial score (nSPS) is 11.5. The molecule has 0 aliphatic carbocycles. The number of pyridine rings is 1. The minimum atomic E-state index is -4.85. The number of nitrogens with zero attached hydrogens (tertiary/aromatic N) is 1. The molecule has 0 saturated heterocycles. The van der Waals surface area contributed by atoms with Crippen LogP contribution in [0.15, 0.2) is 12.3 Å². The van der Waals surface area contributed by atoms with Gasteiger partial charge in [0.15, 0.2) is 0 Å². The van der Waals surface area contributed by atoms with Crippen molar-refractivity contribution in [3.63, 3.8) is 0 Å². The molecule has 0 saturated carbocycles. The first-order chi connectivity index (χ1) is 6.42. The summed E-state index contributed by atoms with van der Waals surface area (Å²) in [5.41, 5.74) is 4.95. The second kappa shape index (κ2) is 3.79. The molecule has 0 atom stereocenters. The molecule has 0 unspecified atom stereocenters. The van der Waals surface area contributed by atoms with Crippen LogP contribution in [0.25, 0.3) is 0 Å². The van der Waals surface area contributed by atoms with E-state index in [0.29, 0.717) is 6.20 Å². The van der Waals surface area contributed by atoms with Gasteiger partial charge in [-0.1, -0.05) is 0 Å². The maximum Gasteiger partial charge on any atom is 0.574 e. The van der Waals surface area contributed by atoms with Gasteiger partial charge in [-0.15, -0.1) is 13.2 Å². The second-order valence-electron chi connectivity index (χ2n) is 2.37. The van der Waals surface area contributed by atoms with Crippen molar-refractivity contribution < 1.29 is 22.3 Å². The molecule has 3 nitrogen and oxygen atoms in total. The maximum absolute atomic E-state index is 12.5. The fourth-order valence-electron chi connectivity index (χ4n) is 0.816. The molecule has 1 rings (SSSR count). The van der Waals surface area contributed by atoms with Gasteiger partial charge < -0.3 is 10.5 Å². The van der Waals surface area contributed by atoms with Crippen molar-refractivity contribution in [1.29, 1.82) is 0 Å². The molecular formula is C7H6F4N2O. The fraction of sp³-hybridized carbons (Fsp3) is 0.286. The van der Waals surface area contributed by atoms with Gasteiger partial charge in [0.25, 0.3) is 0 Å². The highest BCUT2D eigenvalue weighted by molar-refractivity contribution is 5.25. The molecule has 7 heteroatoms. The number of nitrogens with two attached hydrogens (primary N) is 1. The third-order valence-corrected chi connectivity index (χ3v) is 1.32. The Morgan fingerprint density at radius 3 is 2.57 bits per heavy atom. The minimum Gasteiger partial charge on any atom is -0.388 e. The first-order valence-corrected chi connectivity index (χ1v) is 3.52. The van der Waals surface area contributed by atoms with E-state index in [1.807, 2.05) is 0 Å². The van der Waals surface area contributed by atoms with Crippen molar-refractivity contribution in [3.8, 4) is 5.88 Å². The summed E-state index contributed by atoms with van der Waals surface area (Å²) < 4.78 is 51.3. The Labute approximate surface area is 76.5 Å². The maximum atomic E-state index is 12.5. The molecule has 0 radical (unpaired) electrons. The Morgan fingerprint density at radius 1 is 1.43 bits per heavy atom. The Bertz CT molecular complexity index is 326.